The van der Waals surface area contributed by atoms with Crippen LogP contribution in [0, 0.1) is 0 Å². The zero-order chi connectivity index (χ0) is 15.5. The van der Waals surface area contributed by atoms with Gasteiger partial charge in [0.05, 0.1) is 18.2 Å². The fourth-order valence-electron chi connectivity index (χ4n) is 1.86. The van der Waals surface area contributed by atoms with E-state index in [0.29, 0.717) is 12.1 Å². The Bertz CT molecular complexity index is 627. The number of rotatable bonds is 5. The van der Waals surface area contributed by atoms with Crippen molar-refractivity contribution >= 4 is 33.2 Å². The Hall–Kier alpha value is -1.24. The molecule has 0 unspecified atom stereocenters. The lowest BCUT2D eigenvalue weighted by Crippen LogP contribution is -2.35. The number of methoxy groups -OCH3 is 1. The Morgan fingerprint density at radius 2 is 2.24 bits per heavy atom. The fraction of sp³-hybridized carbons (Fsp3) is 0.333. The van der Waals surface area contributed by atoms with Crippen LogP contribution in [0.15, 0.2) is 34.2 Å². The van der Waals surface area contributed by atoms with E-state index in [4.69, 9.17) is 4.74 Å². The van der Waals surface area contributed by atoms with Gasteiger partial charge in [0.1, 0.15) is 5.01 Å². The number of hydrogen-bond donors (Lipinski definition) is 1. The summed E-state index contributed by atoms with van der Waals surface area (Å²) in [6, 6.07) is 5.46. The van der Waals surface area contributed by atoms with E-state index in [-0.39, 0.29) is 11.5 Å². The molecule has 0 aliphatic carbocycles. The Morgan fingerprint density at radius 3 is 2.81 bits per heavy atom. The molecule has 0 aliphatic rings. The van der Waals surface area contributed by atoms with Gasteiger partial charge in [-0.05, 0) is 31.5 Å². The van der Waals surface area contributed by atoms with Crippen LogP contribution in [0.3, 0.4) is 0 Å². The van der Waals surface area contributed by atoms with Crippen molar-refractivity contribution in [3.63, 3.8) is 0 Å². The third-order valence-corrected chi connectivity index (χ3v) is 5.00. The van der Waals surface area contributed by atoms with Gasteiger partial charge in [0, 0.05) is 22.6 Å². The Labute approximate surface area is 136 Å². The highest BCUT2D eigenvalue weighted by molar-refractivity contribution is 9.10. The molecule has 0 saturated heterocycles. The van der Waals surface area contributed by atoms with Gasteiger partial charge in [0.25, 0.3) is 0 Å². The third-order valence-electron chi connectivity index (χ3n) is 3.16. The summed E-state index contributed by atoms with van der Waals surface area (Å²) in [6.45, 7) is 4.87. The number of hydrogen-bond acceptors (Lipinski definition) is 5. The van der Waals surface area contributed by atoms with E-state index < -0.39 is 0 Å². The lowest BCUT2D eigenvalue weighted by molar-refractivity contribution is 0.0600. The predicted octanol–water partition coefficient (Wildman–Crippen LogP) is 3.72. The summed E-state index contributed by atoms with van der Waals surface area (Å²) in [5.74, 6) is -0.335. The first kappa shape index (κ1) is 16.1. The second-order valence-corrected chi connectivity index (χ2v) is 6.86. The first-order valence-corrected chi connectivity index (χ1v) is 8.13. The zero-order valence-electron chi connectivity index (χ0n) is 12.1. The van der Waals surface area contributed by atoms with Gasteiger partial charge in [-0.1, -0.05) is 22.0 Å². The maximum absolute atomic E-state index is 11.5. The zero-order valence-corrected chi connectivity index (χ0v) is 14.5. The molecule has 0 aliphatic heterocycles. The number of ether oxygens (including phenoxy) is 1. The van der Waals surface area contributed by atoms with Crippen LogP contribution in [0.1, 0.15) is 34.8 Å². The minimum absolute atomic E-state index is 0.200. The molecule has 0 radical (unpaired) electrons. The molecule has 0 spiro atoms. The molecule has 1 aromatic heterocycles. The molecule has 2 rings (SSSR count). The molecule has 4 nitrogen and oxygen atoms in total. The Balaban J connectivity index is 2.09. The fourth-order valence-corrected chi connectivity index (χ4v) is 3.12. The van der Waals surface area contributed by atoms with E-state index >= 15 is 0 Å². The molecule has 112 valence electrons. The Morgan fingerprint density at radius 1 is 1.48 bits per heavy atom. The number of esters is 1. The maximum Gasteiger partial charge on any atom is 0.337 e. The van der Waals surface area contributed by atoms with Gasteiger partial charge >= 0.3 is 5.97 Å². The van der Waals surface area contributed by atoms with Gasteiger partial charge in [-0.15, -0.1) is 11.3 Å². The van der Waals surface area contributed by atoms with Gasteiger partial charge in [-0.25, -0.2) is 9.78 Å². The minimum Gasteiger partial charge on any atom is -0.465 e. The number of halogens is 1. The summed E-state index contributed by atoms with van der Waals surface area (Å²) in [5, 5.41) is 6.50. The van der Waals surface area contributed by atoms with Crippen molar-refractivity contribution in [3.05, 3.63) is 50.4 Å². The standard InChI is InChI=1S/C15H17BrN2O2S/c1-15(2,14-17-6-7-21-14)18-9-11-5-4-10(8-12(11)16)13(19)20-3/h4-8,18H,9H2,1-3H3. The van der Waals surface area contributed by atoms with Gasteiger partial charge in [-0.2, -0.15) is 0 Å². The van der Waals surface area contributed by atoms with Crippen LogP contribution in [0.5, 0.6) is 0 Å². The van der Waals surface area contributed by atoms with Crippen LogP contribution < -0.4 is 5.32 Å². The number of nitrogens with zero attached hydrogens (tertiary/aromatic N) is 1. The molecular weight excluding hydrogens is 352 g/mol. The van der Waals surface area contributed by atoms with Crippen molar-refractivity contribution in [1.82, 2.24) is 10.3 Å². The summed E-state index contributed by atoms with van der Waals surface area (Å²) in [4.78, 5) is 15.8. The predicted molar refractivity (Wildman–Crippen MR) is 87.5 cm³/mol. The summed E-state index contributed by atoms with van der Waals surface area (Å²) in [6.07, 6.45) is 1.81. The van der Waals surface area contributed by atoms with Crippen molar-refractivity contribution in [2.24, 2.45) is 0 Å². The average Bonchev–Trinajstić information content (AvgIpc) is 3.00. The van der Waals surface area contributed by atoms with Crippen LogP contribution in [0.25, 0.3) is 0 Å². The monoisotopic (exact) mass is 368 g/mol. The van der Waals surface area contributed by atoms with Gasteiger partial charge < -0.3 is 10.1 Å². The molecule has 0 amide bonds. The molecule has 1 N–H and O–H groups in total. The molecule has 0 atom stereocenters. The van der Waals surface area contributed by atoms with Gasteiger partial charge in [0.2, 0.25) is 0 Å². The average molecular weight is 369 g/mol. The maximum atomic E-state index is 11.5. The van der Waals surface area contributed by atoms with E-state index in [1.807, 2.05) is 17.6 Å². The number of carbonyl (C=O) groups excluding carboxylic acids is 1. The molecule has 0 saturated carbocycles. The Kier molecular flexibility index (Phi) is 5.13. The van der Waals surface area contributed by atoms with E-state index in [9.17, 15) is 4.79 Å². The summed E-state index contributed by atoms with van der Waals surface area (Å²) in [5.41, 5.74) is 1.41. The van der Waals surface area contributed by atoms with Crippen molar-refractivity contribution in [2.75, 3.05) is 7.11 Å². The lowest BCUT2D eigenvalue weighted by atomic mass is 10.1. The van der Waals surface area contributed by atoms with Crippen LogP contribution >= 0.6 is 27.3 Å². The van der Waals surface area contributed by atoms with Gasteiger partial charge in [0.15, 0.2) is 0 Å². The molecule has 1 heterocycles. The van der Waals surface area contributed by atoms with E-state index in [1.54, 1.807) is 23.5 Å². The summed E-state index contributed by atoms with van der Waals surface area (Å²) < 4.78 is 5.59. The highest BCUT2D eigenvalue weighted by Crippen LogP contribution is 2.24. The van der Waals surface area contributed by atoms with Crippen LogP contribution in [-0.4, -0.2) is 18.1 Å². The molecular formula is C15H17BrN2O2S. The van der Waals surface area contributed by atoms with Crippen molar-refractivity contribution in [2.45, 2.75) is 25.9 Å². The number of aromatic nitrogens is 1. The number of benzene rings is 1. The molecule has 1 aromatic carbocycles. The van der Waals surface area contributed by atoms with E-state index in [1.165, 1.54) is 7.11 Å². The number of carbonyl (C=O) groups is 1. The van der Waals surface area contributed by atoms with E-state index in [2.05, 4.69) is 40.1 Å². The summed E-state index contributed by atoms with van der Waals surface area (Å²) in [7, 11) is 1.38. The topological polar surface area (TPSA) is 51.2 Å². The molecule has 6 heteroatoms. The molecule has 2 aromatic rings. The van der Waals surface area contributed by atoms with Crippen LogP contribution in [0.4, 0.5) is 0 Å². The van der Waals surface area contributed by atoms with Crippen molar-refractivity contribution in [3.8, 4) is 0 Å². The SMILES string of the molecule is COC(=O)c1ccc(CNC(C)(C)c2nccs2)c(Br)c1. The van der Waals surface area contributed by atoms with Crippen molar-refractivity contribution < 1.29 is 9.53 Å². The minimum atomic E-state index is -0.335. The number of nitrogens with one attached hydrogen (secondary N) is 1. The lowest BCUT2D eigenvalue weighted by Gasteiger charge is -2.24. The first-order chi connectivity index (χ1) is 9.94. The van der Waals surface area contributed by atoms with Crippen molar-refractivity contribution in [1.29, 1.82) is 0 Å². The van der Waals surface area contributed by atoms with Gasteiger partial charge in [-0.3, -0.25) is 0 Å². The third kappa shape index (κ3) is 3.90. The van der Waals surface area contributed by atoms with Crippen LogP contribution in [-0.2, 0) is 16.8 Å². The molecule has 0 fully saturated rings. The second kappa shape index (κ2) is 6.68. The molecule has 0 bridgehead atoms. The highest BCUT2D eigenvalue weighted by atomic mass is 79.9. The second-order valence-electron chi connectivity index (χ2n) is 5.11. The van der Waals surface area contributed by atoms with E-state index in [0.717, 1.165) is 15.0 Å². The first-order valence-electron chi connectivity index (χ1n) is 6.46. The smallest absolute Gasteiger partial charge is 0.337 e. The quantitative estimate of drug-likeness (QED) is 0.817. The number of thiazole rings is 1. The largest absolute Gasteiger partial charge is 0.465 e. The summed E-state index contributed by atoms with van der Waals surface area (Å²) >= 11 is 5.13. The highest BCUT2D eigenvalue weighted by Gasteiger charge is 2.22. The van der Waals surface area contributed by atoms with Crippen LogP contribution in [0.2, 0.25) is 0 Å². The molecule has 21 heavy (non-hydrogen) atoms. The normalized spacial score (nSPS) is 11.4.